The molecule has 3 atom stereocenters. The second kappa shape index (κ2) is 34.2. The van der Waals surface area contributed by atoms with E-state index in [0.29, 0.717) is 17.4 Å². The molecule has 0 saturated carbocycles. The van der Waals surface area contributed by atoms with E-state index in [-0.39, 0.29) is 12.5 Å². The minimum atomic E-state index is -4.60. The molecule has 1 amide bonds. The molecule has 0 aliphatic rings. The lowest BCUT2D eigenvalue weighted by Crippen LogP contribution is -2.45. The first-order valence-corrected chi connectivity index (χ1v) is 22.0. The number of rotatable bonds is 36. The number of allylic oxidation sites excluding steroid dienone is 7. The second-order valence-electron chi connectivity index (χ2n) is 15.0. The SMILES string of the molecule is CCCC/C=C\CCCCCCC(=O)NC(COP(=O)([O-])OCC[N+](C)(C)C)C(O)/C=C/CC/C=C/CC/C=C/CCCCCCCCCCC. The van der Waals surface area contributed by atoms with E-state index in [1.807, 2.05) is 27.2 Å². The first kappa shape index (κ1) is 49.5. The van der Waals surface area contributed by atoms with E-state index in [0.717, 1.165) is 64.2 Å². The van der Waals surface area contributed by atoms with Gasteiger partial charge >= 0.3 is 0 Å². The van der Waals surface area contributed by atoms with Gasteiger partial charge in [0.15, 0.2) is 0 Å². The Bertz CT molecular complexity index is 975. The van der Waals surface area contributed by atoms with Gasteiger partial charge < -0.3 is 28.8 Å². The number of aliphatic hydroxyl groups is 1. The van der Waals surface area contributed by atoms with Gasteiger partial charge in [-0.2, -0.15) is 0 Å². The fourth-order valence-corrected chi connectivity index (χ4v) is 6.12. The van der Waals surface area contributed by atoms with Gasteiger partial charge in [0.1, 0.15) is 13.2 Å². The van der Waals surface area contributed by atoms with Crippen LogP contribution in [-0.2, 0) is 18.4 Å². The number of quaternary nitrogens is 1. The van der Waals surface area contributed by atoms with Gasteiger partial charge in [0.25, 0.3) is 7.82 Å². The molecule has 0 saturated heterocycles. The van der Waals surface area contributed by atoms with Gasteiger partial charge in [-0.25, -0.2) is 0 Å². The maximum absolute atomic E-state index is 12.7. The van der Waals surface area contributed by atoms with Crippen molar-refractivity contribution < 1.29 is 32.9 Å². The Hall–Kier alpha value is -1.54. The molecule has 0 bridgehead atoms. The molecule has 0 aromatic rings. The molecule has 0 heterocycles. The van der Waals surface area contributed by atoms with Crippen LogP contribution < -0.4 is 10.2 Å². The average molecular weight is 739 g/mol. The summed E-state index contributed by atoms with van der Waals surface area (Å²) in [6.07, 6.45) is 41.7. The zero-order valence-electron chi connectivity index (χ0n) is 33.5. The van der Waals surface area contributed by atoms with Gasteiger partial charge in [-0.15, -0.1) is 0 Å². The zero-order chi connectivity index (χ0) is 37.9. The average Bonchev–Trinajstić information content (AvgIpc) is 3.07. The molecule has 0 rings (SSSR count). The van der Waals surface area contributed by atoms with Crippen LogP contribution in [-0.4, -0.2) is 68.5 Å². The number of amides is 1. The molecular weight excluding hydrogens is 659 g/mol. The van der Waals surface area contributed by atoms with Gasteiger partial charge in [-0.1, -0.05) is 140 Å². The number of hydrogen-bond acceptors (Lipinski definition) is 6. The van der Waals surface area contributed by atoms with Crippen molar-refractivity contribution in [3.05, 3.63) is 48.6 Å². The lowest BCUT2D eigenvalue weighted by molar-refractivity contribution is -0.870. The van der Waals surface area contributed by atoms with Crippen LogP contribution in [0.25, 0.3) is 0 Å². The van der Waals surface area contributed by atoms with E-state index in [9.17, 15) is 19.4 Å². The second-order valence-corrected chi connectivity index (χ2v) is 16.4. The topological polar surface area (TPSA) is 108 Å². The lowest BCUT2D eigenvalue weighted by atomic mass is 10.1. The van der Waals surface area contributed by atoms with Crippen molar-refractivity contribution >= 4 is 13.7 Å². The number of unbranched alkanes of at least 4 members (excludes halogenated alkanes) is 17. The van der Waals surface area contributed by atoms with Crippen LogP contribution in [0.15, 0.2) is 48.6 Å². The summed E-state index contributed by atoms with van der Waals surface area (Å²) in [6.45, 7) is 4.53. The number of likely N-dealkylation sites (N-methyl/N-ethyl adjacent to an activating group) is 1. The Labute approximate surface area is 314 Å². The Kier molecular flexibility index (Phi) is 33.2. The molecule has 298 valence electrons. The third-order valence-corrected chi connectivity index (χ3v) is 9.70. The summed E-state index contributed by atoms with van der Waals surface area (Å²) in [6, 6.07) is -0.913. The molecule has 51 heavy (non-hydrogen) atoms. The van der Waals surface area contributed by atoms with Crippen molar-refractivity contribution in [2.24, 2.45) is 0 Å². The molecule has 0 radical (unpaired) electrons. The molecule has 0 aromatic carbocycles. The van der Waals surface area contributed by atoms with Crippen molar-refractivity contribution in [1.82, 2.24) is 5.32 Å². The van der Waals surface area contributed by atoms with Crippen molar-refractivity contribution in [3.8, 4) is 0 Å². The number of carbonyl (C=O) groups is 1. The predicted molar refractivity (Wildman–Crippen MR) is 214 cm³/mol. The molecule has 9 heteroatoms. The summed E-state index contributed by atoms with van der Waals surface area (Å²) in [4.78, 5) is 25.1. The summed E-state index contributed by atoms with van der Waals surface area (Å²) < 4.78 is 23.1. The van der Waals surface area contributed by atoms with Crippen LogP contribution >= 0.6 is 7.82 Å². The number of nitrogens with one attached hydrogen (secondary N) is 1. The standard InChI is InChI=1S/C42H79N2O6P/c1-6-8-10-12-14-16-18-19-20-21-22-23-24-25-26-27-29-31-33-35-41(45)40(39-50-51(47,48)49-38-37-44(3,4)5)43-42(46)36-34-32-30-28-17-15-13-11-9-7-2/h13,15,22-23,26-27,33,35,40-41,45H,6-12,14,16-21,24-25,28-32,34,36-39H2,1-5H3,(H-,43,46,47,48)/b15-13-,23-22+,27-26+,35-33+. The fourth-order valence-electron chi connectivity index (χ4n) is 5.40. The molecule has 0 aliphatic carbocycles. The summed E-state index contributed by atoms with van der Waals surface area (Å²) in [5, 5.41) is 13.7. The first-order chi connectivity index (χ1) is 24.5. The Morgan fingerprint density at radius 3 is 1.65 bits per heavy atom. The van der Waals surface area contributed by atoms with Crippen LogP contribution in [0.3, 0.4) is 0 Å². The number of phosphoric ester groups is 1. The number of carbonyl (C=O) groups excluding carboxylic acids is 1. The van der Waals surface area contributed by atoms with Gasteiger partial charge in [0, 0.05) is 6.42 Å². The molecule has 0 aliphatic heterocycles. The first-order valence-electron chi connectivity index (χ1n) is 20.5. The Morgan fingerprint density at radius 1 is 0.667 bits per heavy atom. The summed E-state index contributed by atoms with van der Waals surface area (Å²) in [7, 11) is 1.22. The Morgan fingerprint density at radius 2 is 1.12 bits per heavy atom. The minimum absolute atomic E-state index is 0.0124. The Balaban J connectivity index is 4.55. The molecule has 0 spiro atoms. The molecule has 8 nitrogen and oxygen atoms in total. The molecule has 0 aromatic heterocycles. The highest BCUT2D eigenvalue weighted by Crippen LogP contribution is 2.38. The van der Waals surface area contributed by atoms with Gasteiger partial charge in [0.2, 0.25) is 5.91 Å². The largest absolute Gasteiger partial charge is 0.756 e. The summed E-state index contributed by atoms with van der Waals surface area (Å²) in [5.74, 6) is -0.229. The van der Waals surface area contributed by atoms with Gasteiger partial charge in [-0.3, -0.25) is 9.36 Å². The number of phosphoric acid groups is 1. The third kappa shape index (κ3) is 36.6. The van der Waals surface area contributed by atoms with Crippen molar-refractivity contribution in [2.75, 3.05) is 40.9 Å². The van der Waals surface area contributed by atoms with Crippen molar-refractivity contribution in [3.63, 3.8) is 0 Å². The quantitative estimate of drug-likeness (QED) is 0.0287. The van der Waals surface area contributed by atoms with Crippen molar-refractivity contribution in [2.45, 2.75) is 174 Å². The van der Waals surface area contributed by atoms with Crippen LogP contribution in [0.1, 0.15) is 162 Å². The normalized spacial score (nSPS) is 15.0. The predicted octanol–water partition coefficient (Wildman–Crippen LogP) is 10.3. The minimum Gasteiger partial charge on any atom is -0.756 e. The van der Waals surface area contributed by atoms with Crippen LogP contribution in [0, 0.1) is 0 Å². The van der Waals surface area contributed by atoms with Crippen LogP contribution in [0.5, 0.6) is 0 Å². The number of hydrogen-bond donors (Lipinski definition) is 2. The maximum atomic E-state index is 12.7. The van der Waals surface area contributed by atoms with E-state index < -0.39 is 26.6 Å². The van der Waals surface area contributed by atoms with Gasteiger partial charge in [0.05, 0.1) is 39.9 Å². The van der Waals surface area contributed by atoms with E-state index in [1.54, 1.807) is 6.08 Å². The summed E-state index contributed by atoms with van der Waals surface area (Å²) >= 11 is 0. The maximum Gasteiger partial charge on any atom is 0.268 e. The van der Waals surface area contributed by atoms with Crippen LogP contribution in [0.2, 0.25) is 0 Å². The third-order valence-electron chi connectivity index (χ3n) is 8.74. The van der Waals surface area contributed by atoms with Crippen molar-refractivity contribution in [1.29, 1.82) is 0 Å². The monoisotopic (exact) mass is 739 g/mol. The van der Waals surface area contributed by atoms with E-state index >= 15 is 0 Å². The summed E-state index contributed by atoms with van der Waals surface area (Å²) in [5.41, 5.74) is 0. The van der Waals surface area contributed by atoms with E-state index in [1.165, 1.54) is 77.0 Å². The van der Waals surface area contributed by atoms with Gasteiger partial charge in [-0.05, 0) is 64.2 Å². The smallest absolute Gasteiger partial charge is 0.268 e. The van der Waals surface area contributed by atoms with Crippen LogP contribution in [0.4, 0.5) is 0 Å². The number of aliphatic hydroxyl groups excluding tert-OH is 1. The highest BCUT2D eigenvalue weighted by atomic mass is 31.2. The van der Waals surface area contributed by atoms with E-state index in [2.05, 4.69) is 55.6 Å². The molecule has 2 N–H and O–H groups in total. The lowest BCUT2D eigenvalue weighted by Gasteiger charge is -2.29. The molecule has 3 unspecified atom stereocenters. The fraction of sp³-hybridized carbons (Fsp3) is 0.786. The molecule has 0 fully saturated rings. The zero-order valence-corrected chi connectivity index (χ0v) is 34.4. The molecular formula is C42H79N2O6P. The highest BCUT2D eigenvalue weighted by Gasteiger charge is 2.23. The number of nitrogens with zero attached hydrogens (tertiary/aromatic N) is 1. The van der Waals surface area contributed by atoms with E-state index in [4.69, 9.17) is 9.05 Å². The highest BCUT2D eigenvalue weighted by molar-refractivity contribution is 7.45.